The molecule has 6 aromatic carbocycles. The first-order valence-electron chi connectivity index (χ1n) is 23.0. The van der Waals surface area contributed by atoms with Crippen LogP contribution in [0.15, 0.2) is 121 Å². The molecule has 0 radical (unpaired) electrons. The van der Waals surface area contributed by atoms with E-state index in [9.17, 15) is 24.0 Å². The molecule has 13 heteroatoms. The van der Waals surface area contributed by atoms with Crippen molar-refractivity contribution in [2.75, 3.05) is 34.5 Å². The normalized spacial score (nSPS) is 17.1. The zero-order valence-corrected chi connectivity index (χ0v) is 38.7. The molecule has 68 heavy (non-hydrogen) atoms. The largest absolute Gasteiger partial charge is 0.496 e. The number of rotatable bonds is 11. The lowest BCUT2D eigenvalue weighted by Crippen LogP contribution is -2.56. The SMILES string of the molecule is COC(=O)[C@@H]1CC=CCc2cc3ccccc3c(c2OC)-c2c(OC)c(cc3ccccc23)CC(NC(C)=O)C(=O)N[C@@H](CCCCNC(=O)OCC2c3ccccc3-c3ccccc32)C(=O)N1. The number of alkyl carbamates (subject to hydrolysis) is 1. The van der Waals surface area contributed by atoms with Gasteiger partial charge in [0, 0.05) is 36.9 Å². The zero-order valence-electron chi connectivity index (χ0n) is 38.7. The quantitative estimate of drug-likeness (QED) is 0.0570. The molecule has 0 saturated heterocycles. The predicted molar refractivity (Wildman–Crippen MR) is 262 cm³/mol. The average molecular weight is 917 g/mol. The lowest BCUT2D eigenvalue weighted by molar-refractivity contribution is -0.145. The van der Waals surface area contributed by atoms with E-state index in [0.717, 1.165) is 60.5 Å². The van der Waals surface area contributed by atoms with Gasteiger partial charge in [-0.25, -0.2) is 9.59 Å². The van der Waals surface area contributed by atoms with E-state index in [4.69, 9.17) is 18.9 Å². The Morgan fingerprint density at radius 3 is 1.90 bits per heavy atom. The van der Waals surface area contributed by atoms with Crippen LogP contribution in [-0.4, -0.2) is 82.4 Å². The van der Waals surface area contributed by atoms with Gasteiger partial charge in [0.1, 0.15) is 36.2 Å². The molecule has 0 saturated carbocycles. The second-order valence-corrected chi connectivity index (χ2v) is 17.1. The van der Waals surface area contributed by atoms with Gasteiger partial charge >= 0.3 is 12.1 Å². The molecule has 6 aromatic rings. The van der Waals surface area contributed by atoms with Gasteiger partial charge in [-0.1, -0.05) is 109 Å². The standard InChI is InChI=1S/C55H56N4O9/c1-33(60)57-47-31-37-30-35-18-6-9-21-39(35)49(51(37)66-3)48-38-20-8-5-17-34(38)29-36(50(48)65-2)19-7-14-27-46(54(63)67-4)59-52(61)45(58-53(47)62)26-15-16-28-56-55(64)68-32-44-42-24-12-10-22-40(42)41-23-11-13-25-43(41)44/h5-14,17-18,20-25,29-30,44-47H,15-16,19,26-28,31-32H2,1-4H3,(H,56,64)(H,57,60)(H,58,62)(H,59,61)/t45-,46-,47?/m0/s1. The third-order valence-electron chi connectivity index (χ3n) is 12.8. The second kappa shape index (κ2) is 21.3. The molecule has 3 atom stereocenters. The van der Waals surface area contributed by atoms with Crippen molar-refractivity contribution in [2.24, 2.45) is 0 Å². The molecule has 0 spiro atoms. The second-order valence-electron chi connectivity index (χ2n) is 17.1. The first-order chi connectivity index (χ1) is 33.1. The highest BCUT2D eigenvalue weighted by molar-refractivity contribution is 6.11. The van der Waals surface area contributed by atoms with Gasteiger partial charge in [0.25, 0.3) is 0 Å². The van der Waals surface area contributed by atoms with E-state index in [2.05, 4.69) is 51.6 Å². The summed E-state index contributed by atoms with van der Waals surface area (Å²) >= 11 is 0. The average Bonchev–Trinajstić information content (AvgIpc) is 3.67. The summed E-state index contributed by atoms with van der Waals surface area (Å²) < 4.78 is 23.4. The number of allylic oxidation sites excluding steroid dienone is 1. The molecule has 4 bridgehead atoms. The fourth-order valence-corrected chi connectivity index (χ4v) is 9.64. The molecule has 0 fully saturated rings. The molecular formula is C55H56N4O9. The summed E-state index contributed by atoms with van der Waals surface area (Å²) in [6, 6.07) is 32.8. The van der Waals surface area contributed by atoms with E-state index in [1.165, 1.54) is 14.0 Å². The predicted octanol–water partition coefficient (Wildman–Crippen LogP) is 8.08. The number of esters is 1. The minimum absolute atomic E-state index is 0.00171. The lowest BCUT2D eigenvalue weighted by atomic mass is 9.87. The molecule has 1 heterocycles. The molecule has 0 aromatic heterocycles. The van der Waals surface area contributed by atoms with Crippen LogP contribution in [0, 0.1) is 0 Å². The monoisotopic (exact) mass is 916 g/mol. The van der Waals surface area contributed by atoms with Crippen LogP contribution in [0.1, 0.15) is 60.8 Å². The summed E-state index contributed by atoms with van der Waals surface area (Å²) in [6.45, 7) is 1.74. The molecular weight excluding hydrogens is 861 g/mol. The Labute approximate surface area is 395 Å². The maximum absolute atomic E-state index is 14.5. The molecule has 4 amide bonds. The Morgan fingerprint density at radius 1 is 0.691 bits per heavy atom. The highest BCUT2D eigenvalue weighted by atomic mass is 16.5. The Morgan fingerprint density at radius 2 is 1.28 bits per heavy atom. The van der Waals surface area contributed by atoms with E-state index in [1.54, 1.807) is 14.2 Å². The van der Waals surface area contributed by atoms with E-state index >= 15 is 0 Å². The Hall–Kier alpha value is -7.67. The van der Waals surface area contributed by atoms with Crippen LogP contribution < -0.4 is 30.7 Å². The molecule has 1 unspecified atom stereocenters. The minimum Gasteiger partial charge on any atom is -0.496 e. The molecule has 1 aliphatic carbocycles. The van der Waals surface area contributed by atoms with Gasteiger partial charge in [-0.15, -0.1) is 0 Å². The zero-order chi connectivity index (χ0) is 47.7. The van der Waals surface area contributed by atoms with E-state index in [-0.39, 0.29) is 38.3 Å². The number of amides is 4. The minimum atomic E-state index is -1.15. The fraction of sp³-hybridized carbons (Fsp3) is 0.291. The van der Waals surface area contributed by atoms with Crippen LogP contribution in [-0.2, 0) is 41.5 Å². The number of methoxy groups -OCH3 is 3. The third-order valence-corrected chi connectivity index (χ3v) is 12.8. The molecule has 1 aliphatic heterocycles. The molecule has 8 rings (SSSR count). The van der Waals surface area contributed by atoms with Crippen molar-refractivity contribution in [1.29, 1.82) is 0 Å². The maximum Gasteiger partial charge on any atom is 0.407 e. The summed E-state index contributed by atoms with van der Waals surface area (Å²) in [5.74, 6) is -1.29. The number of fused-ring (bicyclic) bond motifs is 12. The van der Waals surface area contributed by atoms with Crippen LogP contribution in [0.5, 0.6) is 11.5 Å². The van der Waals surface area contributed by atoms with Crippen molar-refractivity contribution < 1.29 is 42.9 Å². The maximum atomic E-state index is 14.5. The van der Waals surface area contributed by atoms with Crippen molar-refractivity contribution in [1.82, 2.24) is 21.3 Å². The first-order valence-corrected chi connectivity index (χ1v) is 23.0. The highest BCUT2D eigenvalue weighted by Gasteiger charge is 2.32. The number of unbranched alkanes of at least 4 members (excludes halogenated alkanes) is 1. The van der Waals surface area contributed by atoms with Gasteiger partial charge in [0.2, 0.25) is 17.7 Å². The number of hydrogen-bond acceptors (Lipinski definition) is 9. The van der Waals surface area contributed by atoms with Crippen molar-refractivity contribution in [2.45, 2.75) is 69.5 Å². The van der Waals surface area contributed by atoms with Crippen LogP contribution in [0.2, 0.25) is 0 Å². The van der Waals surface area contributed by atoms with Crippen molar-refractivity contribution in [3.05, 3.63) is 144 Å². The van der Waals surface area contributed by atoms with Crippen LogP contribution in [0.4, 0.5) is 4.79 Å². The molecule has 4 N–H and O–H groups in total. The van der Waals surface area contributed by atoms with Gasteiger partial charge in [0.05, 0.1) is 21.3 Å². The van der Waals surface area contributed by atoms with Crippen molar-refractivity contribution in [3.63, 3.8) is 0 Å². The Bertz CT molecular complexity index is 2870. The molecule has 350 valence electrons. The number of carbonyl (C=O) groups is 5. The lowest BCUT2D eigenvalue weighted by Gasteiger charge is -2.26. The van der Waals surface area contributed by atoms with Crippen molar-refractivity contribution in [3.8, 4) is 33.8 Å². The number of hydrogen-bond donors (Lipinski definition) is 4. The Kier molecular flexibility index (Phi) is 14.7. The topological polar surface area (TPSA) is 170 Å². The number of benzene rings is 6. The van der Waals surface area contributed by atoms with Crippen LogP contribution in [0.25, 0.3) is 43.8 Å². The van der Waals surface area contributed by atoms with Gasteiger partial charge in [0.15, 0.2) is 0 Å². The number of carbonyl (C=O) groups excluding carboxylic acids is 5. The number of nitrogens with one attached hydrogen (secondary N) is 4. The van der Waals surface area contributed by atoms with E-state index in [0.29, 0.717) is 36.3 Å². The number of ether oxygens (including phenoxy) is 4. The van der Waals surface area contributed by atoms with Crippen LogP contribution in [0.3, 0.4) is 0 Å². The van der Waals surface area contributed by atoms with Gasteiger partial charge in [-0.05, 0) is 99.2 Å². The smallest absolute Gasteiger partial charge is 0.407 e. The summed E-state index contributed by atoms with van der Waals surface area (Å²) in [4.78, 5) is 67.7. The van der Waals surface area contributed by atoms with Gasteiger partial charge in [-0.2, -0.15) is 0 Å². The summed E-state index contributed by atoms with van der Waals surface area (Å²) in [5, 5.41) is 15.0. The third kappa shape index (κ3) is 10.0. The Balaban J connectivity index is 1.06. The summed E-state index contributed by atoms with van der Waals surface area (Å²) in [7, 11) is 4.46. The van der Waals surface area contributed by atoms with Gasteiger partial charge < -0.3 is 40.2 Å². The first kappa shape index (κ1) is 46.8. The van der Waals surface area contributed by atoms with Crippen LogP contribution >= 0.6 is 0 Å². The molecule has 2 aliphatic rings. The van der Waals surface area contributed by atoms with E-state index in [1.807, 2.05) is 91.0 Å². The van der Waals surface area contributed by atoms with Gasteiger partial charge in [-0.3, -0.25) is 14.4 Å². The van der Waals surface area contributed by atoms with E-state index < -0.39 is 47.9 Å². The summed E-state index contributed by atoms with van der Waals surface area (Å²) in [6.07, 6.45) is 4.68. The summed E-state index contributed by atoms with van der Waals surface area (Å²) in [5.41, 5.74) is 7.56. The highest BCUT2D eigenvalue weighted by Crippen LogP contribution is 2.49. The fourth-order valence-electron chi connectivity index (χ4n) is 9.64. The van der Waals surface area contributed by atoms with Crippen molar-refractivity contribution >= 4 is 51.3 Å². The molecule has 13 nitrogen and oxygen atoms in total.